The lowest BCUT2D eigenvalue weighted by Crippen LogP contribution is -2.33. The molecule has 19 heavy (non-hydrogen) atoms. The van der Waals surface area contributed by atoms with Crippen LogP contribution in [0, 0.1) is 0 Å². The molecule has 0 rings (SSSR count). The number of nitrogens with zero attached hydrogens (tertiary/aromatic N) is 1. The van der Waals surface area contributed by atoms with Gasteiger partial charge in [-0.05, 0) is 26.2 Å². The van der Waals surface area contributed by atoms with Crippen molar-refractivity contribution in [2.75, 3.05) is 39.5 Å². The molecule has 0 saturated heterocycles. The van der Waals surface area contributed by atoms with Crippen molar-refractivity contribution in [2.45, 2.75) is 39.5 Å². The first-order chi connectivity index (χ1) is 8.81. The average molecular weight is 387 g/mol. The van der Waals surface area contributed by atoms with E-state index in [1.165, 1.54) is 6.42 Å². The van der Waals surface area contributed by atoms with Crippen LogP contribution < -0.4 is 11.1 Å². The van der Waals surface area contributed by atoms with Crippen LogP contribution in [-0.2, 0) is 9.47 Å². The molecule has 0 amide bonds. The summed E-state index contributed by atoms with van der Waals surface area (Å²) in [7, 11) is 0. The summed E-state index contributed by atoms with van der Waals surface area (Å²) in [5.41, 5.74) is 5.71. The van der Waals surface area contributed by atoms with Crippen molar-refractivity contribution < 1.29 is 9.47 Å². The minimum absolute atomic E-state index is 0. The number of aliphatic imine (C=N–C) groups is 1. The van der Waals surface area contributed by atoms with Crippen LogP contribution in [0.5, 0.6) is 0 Å². The number of unbranched alkanes of at least 4 members (excludes halogenated alkanes) is 1. The standard InChI is InChI=1S/C13H29N3O2.HI/c1-3-5-10-18-12-7-9-16-13(14)15-8-6-11-17-4-2;/h3-12H2,1-2H3,(H3,14,15,16);1H. The van der Waals surface area contributed by atoms with Crippen LogP contribution in [0.1, 0.15) is 39.5 Å². The predicted molar refractivity (Wildman–Crippen MR) is 91.4 cm³/mol. The quantitative estimate of drug-likeness (QED) is 0.233. The molecule has 0 aliphatic rings. The molecule has 0 aromatic carbocycles. The Bertz CT molecular complexity index is 204. The fraction of sp³-hybridized carbons (Fsp3) is 0.923. The largest absolute Gasteiger partial charge is 0.382 e. The van der Waals surface area contributed by atoms with E-state index in [0.717, 1.165) is 58.8 Å². The Balaban J connectivity index is 0. The molecule has 0 saturated carbocycles. The Morgan fingerprint density at radius 2 is 1.74 bits per heavy atom. The van der Waals surface area contributed by atoms with E-state index in [1.807, 2.05) is 6.92 Å². The van der Waals surface area contributed by atoms with Crippen molar-refractivity contribution in [3.63, 3.8) is 0 Å². The molecule has 5 nitrogen and oxygen atoms in total. The Kier molecular flexibility index (Phi) is 20.0. The second kappa shape index (κ2) is 17.9. The van der Waals surface area contributed by atoms with Crippen molar-refractivity contribution in [2.24, 2.45) is 10.7 Å². The van der Waals surface area contributed by atoms with E-state index in [1.54, 1.807) is 0 Å². The summed E-state index contributed by atoms with van der Waals surface area (Å²) in [5, 5.41) is 3.06. The molecule has 0 aromatic heterocycles. The van der Waals surface area contributed by atoms with Gasteiger partial charge in [-0.15, -0.1) is 24.0 Å². The zero-order chi connectivity index (χ0) is 13.5. The molecular weight excluding hydrogens is 357 g/mol. The van der Waals surface area contributed by atoms with Gasteiger partial charge in [0.25, 0.3) is 0 Å². The van der Waals surface area contributed by atoms with Gasteiger partial charge in [-0.2, -0.15) is 0 Å². The van der Waals surface area contributed by atoms with E-state index >= 15 is 0 Å². The molecule has 0 fully saturated rings. The fourth-order valence-electron chi connectivity index (χ4n) is 1.31. The SMILES string of the molecule is CCCCOCCCN=C(N)NCCCOCC.I. The molecule has 0 unspecified atom stereocenters. The third-order valence-electron chi connectivity index (χ3n) is 2.35. The van der Waals surface area contributed by atoms with Gasteiger partial charge in [0, 0.05) is 39.5 Å². The molecule has 0 radical (unpaired) electrons. The van der Waals surface area contributed by atoms with Gasteiger partial charge in [0.15, 0.2) is 5.96 Å². The minimum Gasteiger partial charge on any atom is -0.382 e. The number of ether oxygens (including phenoxy) is 2. The summed E-state index contributed by atoms with van der Waals surface area (Å²) in [6.45, 7) is 8.83. The number of hydrogen-bond acceptors (Lipinski definition) is 3. The van der Waals surface area contributed by atoms with Gasteiger partial charge < -0.3 is 20.5 Å². The summed E-state index contributed by atoms with van der Waals surface area (Å²) >= 11 is 0. The Labute approximate surface area is 134 Å². The molecule has 0 aromatic rings. The molecule has 0 bridgehead atoms. The van der Waals surface area contributed by atoms with Gasteiger partial charge in [-0.25, -0.2) is 0 Å². The van der Waals surface area contributed by atoms with Crippen LogP contribution in [0.4, 0.5) is 0 Å². The molecule has 0 spiro atoms. The van der Waals surface area contributed by atoms with E-state index in [0.29, 0.717) is 5.96 Å². The summed E-state index contributed by atoms with van der Waals surface area (Å²) in [6.07, 6.45) is 4.18. The monoisotopic (exact) mass is 387 g/mol. The zero-order valence-corrected chi connectivity index (χ0v) is 14.7. The summed E-state index contributed by atoms with van der Waals surface area (Å²) < 4.78 is 10.7. The third-order valence-corrected chi connectivity index (χ3v) is 2.35. The Hall–Kier alpha value is -0.0800. The first kappa shape index (κ1) is 21.2. The lowest BCUT2D eigenvalue weighted by molar-refractivity contribution is 0.130. The van der Waals surface area contributed by atoms with Gasteiger partial charge >= 0.3 is 0 Å². The second-order valence-corrected chi connectivity index (χ2v) is 4.06. The highest BCUT2D eigenvalue weighted by Gasteiger charge is 1.92. The number of halogens is 1. The molecule has 116 valence electrons. The first-order valence-electron chi connectivity index (χ1n) is 7.00. The highest BCUT2D eigenvalue weighted by molar-refractivity contribution is 14.0. The summed E-state index contributed by atoms with van der Waals surface area (Å²) in [4.78, 5) is 4.22. The van der Waals surface area contributed by atoms with Crippen LogP contribution >= 0.6 is 24.0 Å². The van der Waals surface area contributed by atoms with Crippen LogP contribution in [0.25, 0.3) is 0 Å². The van der Waals surface area contributed by atoms with E-state index in [2.05, 4.69) is 17.2 Å². The zero-order valence-electron chi connectivity index (χ0n) is 12.3. The van der Waals surface area contributed by atoms with Gasteiger partial charge in [0.05, 0.1) is 0 Å². The van der Waals surface area contributed by atoms with Crippen molar-refractivity contribution in [3.05, 3.63) is 0 Å². The van der Waals surface area contributed by atoms with E-state index in [-0.39, 0.29) is 24.0 Å². The molecule has 6 heteroatoms. The highest BCUT2D eigenvalue weighted by Crippen LogP contribution is 1.90. The summed E-state index contributed by atoms with van der Waals surface area (Å²) in [5.74, 6) is 0.514. The van der Waals surface area contributed by atoms with Gasteiger partial charge in [-0.3, -0.25) is 4.99 Å². The lowest BCUT2D eigenvalue weighted by atomic mass is 10.4. The fourth-order valence-corrected chi connectivity index (χ4v) is 1.31. The number of rotatable bonds is 12. The Morgan fingerprint density at radius 3 is 2.42 bits per heavy atom. The third kappa shape index (κ3) is 17.9. The van der Waals surface area contributed by atoms with Crippen LogP contribution in [0.2, 0.25) is 0 Å². The van der Waals surface area contributed by atoms with Gasteiger partial charge in [-0.1, -0.05) is 13.3 Å². The topological polar surface area (TPSA) is 68.9 Å². The average Bonchev–Trinajstić information content (AvgIpc) is 2.37. The van der Waals surface area contributed by atoms with Crippen LogP contribution in [-0.4, -0.2) is 45.5 Å². The minimum atomic E-state index is 0. The molecule has 0 aliphatic heterocycles. The summed E-state index contributed by atoms with van der Waals surface area (Å²) in [6, 6.07) is 0. The van der Waals surface area contributed by atoms with Gasteiger partial charge in [0.2, 0.25) is 0 Å². The first-order valence-corrected chi connectivity index (χ1v) is 7.00. The van der Waals surface area contributed by atoms with Gasteiger partial charge in [0.1, 0.15) is 0 Å². The number of nitrogens with one attached hydrogen (secondary N) is 1. The van der Waals surface area contributed by atoms with Crippen molar-refractivity contribution in [1.29, 1.82) is 0 Å². The maximum atomic E-state index is 5.71. The Morgan fingerprint density at radius 1 is 1.05 bits per heavy atom. The number of guanidine groups is 1. The van der Waals surface area contributed by atoms with Crippen molar-refractivity contribution >= 4 is 29.9 Å². The maximum absolute atomic E-state index is 5.71. The van der Waals surface area contributed by atoms with Crippen LogP contribution in [0.15, 0.2) is 4.99 Å². The maximum Gasteiger partial charge on any atom is 0.188 e. The molecule has 3 N–H and O–H groups in total. The van der Waals surface area contributed by atoms with Crippen LogP contribution in [0.3, 0.4) is 0 Å². The molecule has 0 heterocycles. The van der Waals surface area contributed by atoms with Crippen molar-refractivity contribution in [1.82, 2.24) is 5.32 Å². The van der Waals surface area contributed by atoms with E-state index in [4.69, 9.17) is 15.2 Å². The number of hydrogen-bond donors (Lipinski definition) is 2. The predicted octanol–water partition coefficient (Wildman–Crippen LogP) is 2.14. The normalized spacial score (nSPS) is 11.2. The van der Waals surface area contributed by atoms with E-state index in [9.17, 15) is 0 Å². The lowest BCUT2D eigenvalue weighted by Gasteiger charge is -2.06. The molecule has 0 atom stereocenters. The second-order valence-electron chi connectivity index (χ2n) is 4.06. The smallest absolute Gasteiger partial charge is 0.188 e. The highest BCUT2D eigenvalue weighted by atomic mass is 127. The van der Waals surface area contributed by atoms with E-state index < -0.39 is 0 Å². The number of nitrogens with two attached hydrogens (primary N) is 1. The molecule has 0 aliphatic carbocycles. The van der Waals surface area contributed by atoms with Crippen molar-refractivity contribution in [3.8, 4) is 0 Å². The molecular formula is C13H30IN3O2.